The summed E-state index contributed by atoms with van der Waals surface area (Å²) in [4.78, 5) is 21.6. The standard InChI is InChI=1S/Li.H3O4P.Zn.H/c;1-5(2,3)4;;/h;(H3,1,2,3,4);;. The van der Waals surface area contributed by atoms with Gasteiger partial charge in [-0.1, -0.05) is 0 Å². The summed E-state index contributed by atoms with van der Waals surface area (Å²) in [5.41, 5.74) is 0. The Morgan fingerprint density at radius 3 is 1.14 bits per heavy atom. The molecule has 3 N–H and O–H groups in total. The fraction of sp³-hybridized carbons (Fsp3) is 0. The van der Waals surface area contributed by atoms with Crippen LogP contribution in [0.2, 0.25) is 0 Å². The van der Waals surface area contributed by atoms with Gasteiger partial charge in [-0.3, -0.25) is 0 Å². The van der Waals surface area contributed by atoms with E-state index in [9.17, 15) is 0 Å². The van der Waals surface area contributed by atoms with E-state index in [0.717, 1.165) is 0 Å². The predicted octanol–water partition coefficient (Wildman–Crippen LogP) is -1.58. The van der Waals surface area contributed by atoms with E-state index >= 15 is 0 Å². The van der Waals surface area contributed by atoms with Gasteiger partial charge in [0.2, 0.25) is 0 Å². The monoisotopic (exact) mass is 170 g/mol. The average Bonchev–Trinajstić information content (AvgIpc) is 0.722. The van der Waals surface area contributed by atoms with Crippen molar-refractivity contribution in [2.75, 3.05) is 0 Å². The number of rotatable bonds is 0. The van der Waals surface area contributed by atoms with Crippen LogP contribution in [0.4, 0.5) is 0 Å². The Labute approximate surface area is 65.5 Å². The molecule has 0 saturated carbocycles. The first-order chi connectivity index (χ1) is 2.00. The molecule has 4 nitrogen and oxygen atoms in total. The maximum Gasteiger partial charge on any atom is 0 e. The number of hydrogen-bond acceptors (Lipinski definition) is 1. The quantitative estimate of drug-likeness (QED) is 0.304. The minimum Gasteiger partial charge on any atom is 0 e. The summed E-state index contributed by atoms with van der Waals surface area (Å²) < 4.78 is 8.88. The van der Waals surface area contributed by atoms with Gasteiger partial charge in [-0.05, 0) is 0 Å². The van der Waals surface area contributed by atoms with E-state index in [2.05, 4.69) is 0 Å². The Morgan fingerprint density at radius 2 is 1.14 bits per heavy atom. The molecule has 0 saturated heterocycles. The smallest absolute Gasteiger partial charge is 0 e. The molecule has 0 spiro atoms. The number of hydrogen-bond donors (Lipinski definition) is 3. The van der Waals surface area contributed by atoms with E-state index in [1.807, 2.05) is 0 Å². The van der Waals surface area contributed by atoms with Crippen LogP contribution < -0.4 is 0 Å². The molecule has 0 bridgehead atoms. The van der Waals surface area contributed by atoms with E-state index in [4.69, 9.17) is 19.2 Å². The van der Waals surface area contributed by atoms with E-state index in [1.165, 1.54) is 0 Å². The summed E-state index contributed by atoms with van der Waals surface area (Å²) in [6, 6.07) is 0. The molecule has 0 heterocycles. The minimum atomic E-state index is -4.64. The van der Waals surface area contributed by atoms with Crippen molar-refractivity contribution in [2.45, 2.75) is 0 Å². The summed E-state index contributed by atoms with van der Waals surface area (Å²) in [5, 5.41) is 0. The van der Waals surface area contributed by atoms with E-state index in [1.54, 1.807) is 0 Å². The normalized spacial score (nSPS) is 8.43. The van der Waals surface area contributed by atoms with Crippen LogP contribution in [0.5, 0.6) is 0 Å². The third kappa shape index (κ3) is 118. The Balaban J connectivity index is -0.0000000800. The summed E-state index contributed by atoms with van der Waals surface area (Å²) in [7, 11) is -4.64. The van der Waals surface area contributed by atoms with Gasteiger partial charge >= 0.3 is 26.7 Å². The largest absolute Gasteiger partial charge is 0 e. The summed E-state index contributed by atoms with van der Waals surface area (Å²) in [6.07, 6.45) is 0. The summed E-state index contributed by atoms with van der Waals surface area (Å²) in [5.74, 6) is 0. The van der Waals surface area contributed by atoms with Crippen molar-refractivity contribution in [1.29, 1.82) is 0 Å². The minimum absolute atomic E-state index is 0. The third-order valence-electron chi connectivity index (χ3n) is 0. The average molecular weight is 171 g/mol. The maximum absolute atomic E-state index is 8.88. The molecule has 0 unspecified atom stereocenters. The molecule has 0 radical (unpaired) electrons. The van der Waals surface area contributed by atoms with Gasteiger partial charge in [0.25, 0.3) is 0 Å². The SMILES string of the molecule is O=P(O)(O)O.[LiH].[Zn]. The molecule has 0 fully saturated rings. The predicted molar refractivity (Wildman–Crippen MR) is 21.4 cm³/mol. The molecule has 0 aliphatic heterocycles. The van der Waals surface area contributed by atoms with Gasteiger partial charge in [0, 0.05) is 19.5 Å². The van der Waals surface area contributed by atoms with Gasteiger partial charge in [-0.15, -0.1) is 0 Å². The van der Waals surface area contributed by atoms with Crippen LogP contribution in [0.25, 0.3) is 0 Å². The van der Waals surface area contributed by atoms with E-state index in [0.29, 0.717) is 0 Å². The topological polar surface area (TPSA) is 77.8 Å². The maximum atomic E-state index is 8.88. The van der Waals surface area contributed by atoms with Crippen molar-refractivity contribution in [1.82, 2.24) is 0 Å². The molecular weight excluding hydrogens is 167 g/mol. The summed E-state index contributed by atoms with van der Waals surface area (Å²) >= 11 is 0. The Hall–Kier alpha value is 1.33. The first kappa shape index (κ1) is 15.8. The molecule has 0 amide bonds. The second kappa shape index (κ2) is 5.47. The van der Waals surface area contributed by atoms with Crippen molar-refractivity contribution >= 4 is 26.7 Å². The molecule has 0 rings (SSSR count). The molecule has 0 aromatic rings. The number of phosphoric acid groups is 1. The van der Waals surface area contributed by atoms with E-state index in [-0.39, 0.29) is 38.3 Å². The van der Waals surface area contributed by atoms with Crippen LogP contribution in [0.3, 0.4) is 0 Å². The van der Waals surface area contributed by atoms with Gasteiger partial charge in [-0.2, -0.15) is 0 Å². The van der Waals surface area contributed by atoms with E-state index < -0.39 is 7.82 Å². The van der Waals surface area contributed by atoms with Gasteiger partial charge in [-0.25, -0.2) is 4.57 Å². The van der Waals surface area contributed by atoms with Gasteiger partial charge < -0.3 is 14.7 Å². The molecule has 0 aliphatic rings. The van der Waals surface area contributed by atoms with Crippen LogP contribution in [0.1, 0.15) is 0 Å². The first-order valence-corrected chi connectivity index (χ1v) is 2.35. The Morgan fingerprint density at radius 1 is 1.14 bits per heavy atom. The zero-order chi connectivity index (χ0) is 4.50. The van der Waals surface area contributed by atoms with Crippen molar-refractivity contribution in [3.8, 4) is 0 Å². The Bertz CT molecular complexity index is 57.8. The van der Waals surface area contributed by atoms with Crippen molar-refractivity contribution in [3.63, 3.8) is 0 Å². The second-order valence-electron chi connectivity index (χ2n) is 0.513. The molecular formula is H4LiO4PZn. The van der Waals surface area contributed by atoms with Gasteiger partial charge in [0.05, 0.1) is 0 Å². The molecule has 7 heavy (non-hydrogen) atoms. The van der Waals surface area contributed by atoms with Crippen molar-refractivity contribution in [3.05, 3.63) is 0 Å². The fourth-order valence-corrected chi connectivity index (χ4v) is 0. The van der Waals surface area contributed by atoms with Crippen LogP contribution in [0, 0.1) is 0 Å². The third-order valence-corrected chi connectivity index (χ3v) is 0. The summed E-state index contributed by atoms with van der Waals surface area (Å²) in [6.45, 7) is 0. The Kier molecular flexibility index (Phi) is 12.3. The fourth-order valence-electron chi connectivity index (χ4n) is 0. The van der Waals surface area contributed by atoms with Crippen molar-refractivity contribution in [2.24, 2.45) is 0 Å². The zero-order valence-electron chi connectivity index (χ0n) is 2.90. The molecule has 0 aliphatic carbocycles. The van der Waals surface area contributed by atoms with Crippen LogP contribution in [-0.4, -0.2) is 33.5 Å². The first-order valence-electron chi connectivity index (χ1n) is 0.783. The molecule has 7 heteroatoms. The van der Waals surface area contributed by atoms with Gasteiger partial charge in [0.1, 0.15) is 0 Å². The molecule has 36 valence electrons. The molecule has 0 aromatic carbocycles. The van der Waals surface area contributed by atoms with Crippen LogP contribution in [-0.2, 0) is 24.0 Å². The molecule has 0 aromatic heterocycles. The second-order valence-corrected chi connectivity index (χ2v) is 1.54. The van der Waals surface area contributed by atoms with Crippen LogP contribution in [0.15, 0.2) is 0 Å². The van der Waals surface area contributed by atoms with Gasteiger partial charge in [0.15, 0.2) is 0 Å². The van der Waals surface area contributed by atoms with Crippen molar-refractivity contribution < 1.29 is 38.7 Å². The van der Waals surface area contributed by atoms with Crippen LogP contribution >= 0.6 is 7.82 Å². The zero-order valence-corrected chi connectivity index (χ0v) is 6.77. The molecule has 0 atom stereocenters.